The first-order chi connectivity index (χ1) is 6.66. The monoisotopic (exact) mass is 230 g/mol. The average Bonchev–Trinajstić information content (AvgIpc) is 2.93. The van der Waals surface area contributed by atoms with E-state index in [2.05, 4.69) is 10.3 Å². The lowest BCUT2D eigenvalue weighted by atomic mass is 10.2. The molecule has 0 aliphatic heterocycles. The SMILES string of the molecule is O=C(NC1CC1)c1cnc(Cl)c(Cl)c1. The van der Waals surface area contributed by atoms with E-state index in [4.69, 9.17) is 23.2 Å². The minimum atomic E-state index is -0.140. The molecule has 0 spiro atoms. The number of hydrogen-bond donors (Lipinski definition) is 1. The Labute approximate surface area is 91.4 Å². The third-order valence-corrected chi connectivity index (χ3v) is 2.66. The Hall–Kier alpha value is -0.800. The lowest BCUT2D eigenvalue weighted by Gasteiger charge is -2.03. The summed E-state index contributed by atoms with van der Waals surface area (Å²) in [6.07, 6.45) is 3.53. The maximum atomic E-state index is 11.5. The second-order valence-electron chi connectivity index (χ2n) is 3.24. The molecule has 1 fully saturated rings. The van der Waals surface area contributed by atoms with E-state index in [1.807, 2.05) is 0 Å². The van der Waals surface area contributed by atoms with E-state index in [9.17, 15) is 4.79 Å². The van der Waals surface area contributed by atoms with Crippen LogP contribution >= 0.6 is 23.2 Å². The fourth-order valence-corrected chi connectivity index (χ4v) is 1.31. The molecule has 1 aliphatic carbocycles. The van der Waals surface area contributed by atoms with Crippen LogP contribution < -0.4 is 5.32 Å². The van der Waals surface area contributed by atoms with Crippen molar-refractivity contribution in [2.24, 2.45) is 0 Å². The van der Waals surface area contributed by atoms with Crippen LogP contribution in [0.4, 0.5) is 0 Å². The molecule has 5 heteroatoms. The molecule has 1 saturated carbocycles. The van der Waals surface area contributed by atoms with Crippen LogP contribution in [0.25, 0.3) is 0 Å². The van der Waals surface area contributed by atoms with Gasteiger partial charge in [0.05, 0.1) is 10.6 Å². The largest absolute Gasteiger partial charge is 0.349 e. The van der Waals surface area contributed by atoms with Gasteiger partial charge in [0.15, 0.2) is 0 Å². The van der Waals surface area contributed by atoms with Crippen molar-refractivity contribution in [2.75, 3.05) is 0 Å². The predicted molar refractivity (Wildman–Crippen MR) is 54.7 cm³/mol. The van der Waals surface area contributed by atoms with E-state index >= 15 is 0 Å². The lowest BCUT2D eigenvalue weighted by molar-refractivity contribution is 0.0950. The Morgan fingerprint density at radius 1 is 1.50 bits per heavy atom. The van der Waals surface area contributed by atoms with Crippen LogP contribution in [-0.2, 0) is 0 Å². The van der Waals surface area contributed by atoms with Gasteiger partial charge >= 0.3 is 0 Å². The van der Waals surface area contributed by atoms with Gasteiger partial charge in [-0.2, -0.15) is 0 Å². The summed E-state index contributed by atoms with van der Waals surface area (Å²) in [6, 6.07) is 1.85. The highest BCUT2D eigenvalue weighted by Crippen LogP contribution is 2.22. The summed E-state index contributed by atoms with van der Waals surface area (Å²) in [6.45, 7) is 0. The zero-order chi connectivity index (χ0) is 10.1. The first-order valence-electron chi connectivity index (χ1n) is 4.29. The third kappa shape index (κ3) is 2.16. The molecule has 1 aliphatic rings. The fraction of sp³-hybridized carbons (Fsp3) is 0.333. The van der Waals surface area contributed by atoms with Crippen LogP contribution in [0.2, 0.25) is 10.2 Å². The van der Waals surface area contributed by atoms with Gasteiger partial charge in [-0.25, -0.2) is 4.98 Å². The van der Waals surface area contributed by atoms with Crippen molar-refractivity contribution in [1.82, 2.24) is 10.3 Å². The molecule has 1 heterocycles. The molecular formula is C9H8Cl2N2O. The van der Waals surface area contributed by atoms with Gasteiger partial charge in [-0.15, -0.1) is 0 Å². The number of pyridine rings is 1. The highest BCUT2D eigenvalue weighted by Gasteiger charge is 2.24. The number of hydrogen-bond acceptors (Lipinski definition) is 2. The second kappa shape index (κ2) is 3.75. The van der Waals surface area contributed by atoms with E-state index in [1.165, 1.54) is 12.3 Å². The molecule has 0 unspecified atom stereocenters. The summed E-state index contributed by atoms with van der Waals surface area (Å²) in [5, 5.41) is 3.35. The smallest absolute Gasteiger partial charge is 0.253 e. The second-order valence-corrected chi connectivity index (χ2v) is 4.01. The Bertz CT molecular complexity index is 377. The number of nitrogens with one attached hydrogen (secondary N) is 1. The van der Waals surface area contributed by atoms with E-state index in [1.54, 1.807) is 0 Å². The summed E-state index contributed by atoms with van der Waals surface area (Å²) in [4.78, 5) is 15.3. The number of aromatic nitrogens is 1. The maximum Gasteiger partial charge on any atom is 0.253 e. The van der Waals surface area contributed by atoms with Gasteiger partial charge in [-0.3, -0.25) is 4.79 Å². The number of halogens is 2. The standard InChI is InChI=1S/C9H8Cl2N2O/c10-7-3-5(4-12-8(7)11)9(14)13-6-1-2-6/h3-4,6H,1-2H2,(H,13,14). The molecular weight excluding hydrogens is 223 g/mol. The number of rotatable bonds is 2. The Balaban J connectivity index is 2.14. The quantitative estimate of drug-likeness (QED) is 0.793. The number of carbonyl (C=O) groups excluding carboxylic acids is 1. The maximum absolute atomic E-state index is 11.5. The Morgan fingerprint density at radius 3 is 2.79 bits per heavy atom. The molecule has 0 aromatic carbocycles. The van der Waals surface area contributed by atoms with Crippen molar-refractivity contribution in [3.05, 3.63) is 28.0 Å². The molecule has 0 atom stereocenters. The van der Waals surface area contributed by atoms with Crippen LogP contribution in [0, 0.1) is 0 Å². The summed E-state index contributed by atoms with van der Waals surface area (Å²) >= 11 is 11.4. The van der Waals surface area contributed by atoms with Gasteiger partial charge in [-0.05, 0) is 18.9 Å². The molecule has 14 heavy (non-hydrogen) atoms. The molecule has 1 aromatic rings. The topological polar surface area (TPSA) is 42.0 Å². The van der Waals surface area contributed by atoms with Crippen molar-refractivity contribution in [2.45, 2.75) is 18.9 Å². The fourth-order valence-electron chi connectivity index (χ4n) is 1.04. The van der Waals surface area contributed by atoms with E-state index in [0.717, 1.165) is 12.8 Å². The van der Waals surface area contributed by atoms with Gasteiger partial charge < -0.3 is 5.32 Å². The molecule has 0 radical (unpaired) electrons. The zero-order valence-electron chi connectivity index (χ0n) is 7.26. The van der Waals surface area contributed by atoms with E-state index in [-0.39, 0.29) is 11.1 Å². The number of carbonyl (C=O) groups is 1. The minimum absolute atomic E-state index is 0.140. The van der Waals surface area contributed by atoms with E-state index < -0.39 is 0 Å². The van der Waals surface area contributed by atoms with Gasteiger partial charge in [0.1, 0.15) is 5.15 Å². The van der Waals surface area contributed by atoms with Crippen molar-refractivity contribution >= 4 is 29.1 Å². The highest BCUT2D eigenvalue weighted by molar-refractivity contribution is 6.41. The van der Waals surface area contributed by atoms with Crippen molar-refractivity contribution in [3.8, 4) is 0 Å². The van der Waals surface area contributed by atoms with Gasteiger partial charge in [0, 0.05) is 12.2 Å². The molecule has 1 aromatic heterocycles. The summed E-state index contributed by atoms with van der Waals surface area (Å²) in [5.74, 6) is -0.140. The minimum Gasteiger partial charge on any atom is -0.349 e. The van der Waals surface area contributed by atoms with Crippen LogP contribution in [0.15, 0.2) is 12.3 Å². The van der Waals surface area contributed by atoms with Gasteiger partial charge in [0.2, 0.25) is 0 Å². The first kappa shape index (κ1) is 9.74. The molecule has 0 saturated heterocycles. The lowest BCUT2D eigenvalue weighted by Crippen LogP contribution is -2.25. The molecule has 0 bridgehead atoms. The molecule has 1 amide bonds. The highest BCUT2D eigenvalue weighted by atomic mass is 35.5. The first-order valence-corrected chi connectivity index (χ1v) is 5.04. The van der Waals surface area contributed by atoms with Gasteiger partial charge in [-0.1, -0.05) is 23.2 Å². The number of nitrogens with zero attached hydrogens (tertiary/aromatic N) is 1. The Morgan fingerprint density at radius 2 is 2.21 bits per heavy atom. The average molecular weight is 231 g/mol. The molecule has 3 nitrogen and oxygen atoms in total. The van der Waals surface area contributed by atoms with Crippen LogP contribution in [0.5, 0.6) is 0 Å². The van der Waals surface area contributed by atoms with Crippen molar-refractivity contribution in [3.63, 3.8) is 0 Å². The molecule has 2 rings (SSSR count). The van der Waals surface area contributed by atoms with Crippen LogP contribution in [-0.4, -0.2) is 16.9 Å². The third-order valence-electron chi connectivity index (χ3n) is 1.97. The summed E-state index contributed by atoms with van der Waals surface area (Å²) in [7, 11) is 0. The summed E-state index contributed by atoms with van der Waals surface area (Å²) in [5.41, 5.74) is 0.450. The number of amides is 1. The molecule has 1 N–H and O–H groups in total. The molecule has 74 valence electrons. The van der Waals surface area contributed by atoms with Gasteiger partial charge in [0.25, 0.3) is 5.91 Å². The van der Waals surface area contributed by atoms with Crippen molar-refractivity contribution < 1.29 is 4.79 Å². The summed E-state index contributed by atoms with van der Waals surface area (Å²) < 4.78 is 0. The zero-order valence-corrected chi connectivity index (χ0v) is 8.77. The van der Waals surface area contributed by atoms with Crippen molar-refractivity contribution in [1.29, 1.82) is 0 Å². The van der Waals surface area contributed by atoms with Crippen LogP contribution in [0.1, 0.15) is 23.2 Å². The van der Waals surface area contributed by atoms with Crippen LogP contribution in [0.3, 0.4) is 0 Å². The Kier molecular flexibility index (Phi) is 2.61. The predicted octanol–water partition coefficient (Wildman–Crippen LogP) is 2.28. The normalized spacial score (nSPS) is 15.3. The van der Waals surface area contributed by atoms with E-state index in [0.29, 0.717) is 16.6 Å².